The molecule has 0 aromatic heterocycles. The fourth-order valence-corrected chi connectivity index (χ4v) is 5.98. The van der Waals surface area contributed by atoms with E-state index < -0.39 is 5.41 Å². The van der Waals surface area contributed by atoms with Crippen LogP contribution in [0.1, 0.15) is 33.4 Å². The molecule has 0 aliphatic carbocycles. The monoisotopic (exact) mass is 582 g/mol. The van der Waals surface area contributed by atoms with Gasteiger partial charge in [-0.1, -0.05) is 86.6 Å². The number of hydrogen-bond acceptors (Lipinski definition) is 0. The summed E-state index contributed by atoms with van der Waals surface area (Å²) in [5, 5.41) is 5.25. The number of halogens is 2. The predicted octanol–water partition coefficient (Wildman–Crippen LogP) is 2.44. The maximum atomic E-state index is 2.35. The zero-order valence-corrected chi connectivity index (χ0v) is 24.3. The Morgan fingerprint density at radius 3 is 1.19 bits per heavy atom. The summed E-state index contributed by atoms with van der Waals surface area (Å²) in [5.74, 6) is 0. The fraction of sp³-hybridized carbons (Fsp3) is 0.0909. The van der Waals surface area contributed by atoms with E-state index >= 15 is 0 Å². The van der Waals surface area contributed by atoms with E-state index in [9.17, 15) is 0 Å². The second kappa shape index (κ2) is 11.3. The molecule has 6 aromatic carbocycles. The van der Waals surface area contributed by atoms with Crippen LogP contribution in [-0.2, 0) is 31.6 Å². The number of benzene rings is 4. The van der Waals surface area contributed by atoms with Gasteiger partial charge >= 0.3 is 26.2 Å². The van der Waals surface area contributed by atoms with Gasteiger partial charge in [-0.15, -0.1) is 92.3 Å². The van der Waals surface area contributed by atoms with Crippen molar-refractivity contribution in [2.45, 2.75) is 19.3 Å². The van der Waals surface area contributed by atoms with Crippen molar-refractivity contribution in [1.29, 1.82) is 0 Å². The van der Waals surface area contributed by atoms with Crippen LogP contribution in [0.15, 0.2) is 121 Å². The van der Waals surface area contributed by atoms with Gasteiger partial charge in [-0.2, -0.15) is 0 Å². The average molecular weight is 585 g/mol. The standard InChI is InChI=1S/C33H26.2ClH.Zr/c1-23-21-25-13-9-11-19-29(25)31(23)33(27-15-5-3-6-16-27,28-17-7-4-8-18-28)32-24(2)22-26-14-10-12-20-30(26)32;;;/h3-22H,1-2H3;2*1H;/q-2;;;+4/p-2. The molecule has 0 heterocycles. The maximum absolute atomic E-state index is 2.35. The van der Waals surface area contributed by atoms with E-state index in [0.717, 1.165) is 0 Å². The van der Waals surface area contributed by atoms with Crippen LogP contribution in [0, 0.1) is 13.8 Å². The molecule has 0 radical (unpaired) electrons. The summed E-state index contributed by atoms with van der Waals surface area (Å²) in [6.07, 6.45) is 0. The van der Waals surface area contributed by atoms with E-state index in [4.69, 9.17) is 0 Å². The molecule has 0 bridgehead atoms. The molecule has 0 saturated carbocycles. The van der Waals surface area contributed by atoms with Crippen molar-refractivity contribution in [3.05, 3.63) is 155 Å². The smallest absolute Gasteiger partial charge is 1.00 e. The van der Waals surface area contributed by atoms with Gasteiger partial charge in [0.2, 0.25) is 0 Å². The van der Waals surface area contributed by atoms with Gasteiger partial charge in [0, 0.05) is 0 Å². The van der Waals surface area contributed by atoms with Gasteiger partial charge < -0.3 is 24.8 Å². The summed E-state index contributed by atoms with van der Waals surface area (Å²) in [7, 11) is 0. The zero-order chi connectivity index (χ0) is 22.4. The van der Waals surface area contributed by atoms with E-state index in [1.54, 1.807) is 0 Å². The van der Waals surface area contributed by atoms with Crippen LogP contribution >= 0.6 is 0 Å². The van der Waals surface area contributed by atoms with Crippen molar-refractivity contribution < 1.29 is 51.0 Å². The number of rotatable bonds is 4. The van der Waals surface area contributed by atoms with Crippen molar-refractivity contribution in [1.82, 2.24) is 0 Å². The van der Waals surface area contributed by atoms with E-state index in [-0.39, 0.29) is 51.0 Å². The van der Waals surface area contributed by atoms with Crippen LogP contribution in [0.25, 0.3) is 21.5 Å². The average Bonchev–Trinajstić information content (AvgIpc) is 3.38. The summed E-state index contributed by atoms with van der Waals surface area (Å²) >= 11 is 0. The molecular formula is C33H26Cl2Zr. The fourth-order valence-electron chi connectivity index (χ4n) is 5.98. The Morgan fingerprint density at radius 2 is 0.806 bits per heavy atom. The summed E-state index contributed by atoms with van der Waals surface area (Å²) < 4.78 is 0. The first-order chi connectivity index (χ1) is 16.2. The molecule has 0 amide bonds. The van der Waals surface area contributed by atoms with Crippen LogP contribution in [0.4, 0.5) is 0 Å². The SMILES string of the molecule is Cc1[cH-]c2ccccc2c1C(c1ccccc1)(c1ccccc1)c1c(C)[cH-]c2ccccc12.[Cl-].[Cl-].[Zr+4]. The maximum Gasteiger partial charge on any atom is 4.00 e. The molecule has 0 saturated heterocycles. The van der Waals surface area contributed by atoms with E-state index in [0.29, 0.717) is 0 Å². The zero-order valence-electron chi connectivity index (χ0n) is 20.3. The van der Waals surface area contributed by atoms with Crippen molar-refractivity contribution in [2.24, 2.45) is 0 Å². The van der Waals surface area contributed by atoms with Gasteiger partial charge in [-0.25, -0.2) is 0 Å². The topological polar surface area (TPSA) is 0 Å². The first kappa shape index (κ1) is 28.1. The molecule has 0 aliphatic rings. The van der Waals surface area contributed by atoms with Gasteiger partial charge in [0.05, 0.1) is 0 Å². The predicted molar refractivity (Wildman–Crippen MR) is 140 cm³/mol. The minimum absolute atomic E-state index is 0. The molecule has 0 N–H and O–H groups in total. The van der Waals surface area contributed by atoms with Crippen LogP contribution in [0.3, 0.4) is 0 Å². The van der Waals surface area contributed by atoms with Crippen LogP contribution in [0.2, 0.25) is 0 Å². The minimum Gasteiger partial charge on any atom is -1.00 e. The number of aryl methyl sites for hydroxylation is 2. The van der Waals surface area contributed by atoms with Crippen LogP contribution in [0.5, 0.6) is 0 Å². The Balaban J connectivity index is 0.00000120. The quantitative estimate of drug-likeness (QED) is 0.280. The van der Waals surface area contributed by atoms with E-state index in [1.165, 1.54) is 54.9 Å². The Hall–Kier alpha value is -2.44. The molecule has 6 aromatic rings. The third kappa shape index (κ3) is 4.22. The third-order valence-electron chi connectivity index (χ3n) is 7.16. The molecule has 6 rings (SSSR count). The first-order valence-corrected chi connectivity index (χ1v) is 11.6. The molecule has 0 aliphatic heterocycles. The molecule has 0 fully saturated rings. The Bertz CT molecular complexity index is 1450. The number of fused-ring (bicyclic) bond motifs is 2. The molecule has 36 heavy (non-hydrogen) atoms. The molecule has 0 atom stereocenters. The van der Waals surface area contributed by atoms with Crippen LogP contribution in [-0.4, -0.2) is 0 Å². The summed E-state index contributed by atoms with van der Waals surface area (Å²) in [6.45, 7) is 4.55. The second-order valence-corrected chi connectivity index (χ2v) is 9.06. The minimum atomic E-state index is -0.428. The van der Waals surface area contributed by atoms with Gasteiger partial charge in [-0.3, -0.25) is 0 Å². The summed E-state index contributed by atoms with van der Waals surface area (Å²) in [5.41, 5.74) is 7.60. The van der Waals surface area contributed by atoms with Gasteiger partial charge in [0.25, 0.3) is 0 Å². The molecular weight excluding hydrogens is 558 g/mol. The summed E-state index contributed by atoms with van der Waals surface area (Å²) in [4.78, 5) is 0. The Morgan fingerprint density at radius 1 is 0.472 bits per heavy atom. The third-order valence-corrected chi connectivity index (χ3v) is 7.16. The molecule has 0 spiro atoms. The van der Waals surface area contributed by atoms with Crippen molar-refractivity contribution in [3.63, 3.8) is 0 Å². The van der Waals surface area contributed by atoms with E-state index in [2.05, 4.69) is 135 Å². The van der Waals surface area contributed by atoms with Crippen molar-refractivity contribution in [2.75, 3.05) is 0 Å². The summed E-state index contributed by atoms with van der Waals surface area (Å²) in [6, 6.07) is 44.5. The van der Waals surface area contributed by atoms with Gasteiger partial charge in [-0.05, 0) is 16.5 Å². The van der Waals surface area contributed by atoms with Crippen molar-refractivity contribution in [3.8, 4) is 0 Å². The normalized spacial score (nSPS) is 10.9. The Kier molecular flexibility index (Phi) is 8.84. The van der Waals surface area contributed by atoms with Crippen LogP contribution < -0.4 is 24.8 Å². The number of hydrogen-bond donors (Lipinski definition) is 0. The van der Waals surface area contributed by atoms with E-state index in [1.807, 2.05) is 0 Å². The molecule has 0 unspecified atom stereocenters. The van der Waals surface area contributed by atoms with Gasteiger partial charge in [0.1, 0.15) is 0 Å². The first-order valence-electron chi connectivity index (χ1n) is 11.6. The molecule has 176 valence electrons. The van der Waals surface area contributed by atoms with Gasteiger partial charge in [0.15, 0.2) is 0 Å². The molecule has 3 heteroatoms. The largest absolute Gasteiger partial charge is 4.00 e. The second-order valence-electron chi connectivity index (χ2n) is 9.06. The Labute approximate surface area is 245 Å². The van der Waals surface area contributed by atoms with Crippen molar-refractivity contribution >= 4 is 21.5 Å². The molecule has 0 nitrogen and oxygen atoms in total.